The largest absolute Gasteiger partial charge is 0.357 e. The first-order valence-corrected chi connectivity index (χ1v) is 8.62. The molecule has 3 rings (SSSR count). The van der Waals surface area contributed by atoms with E-state index in [1.165, 1.54) is 25.7 Å². The maximum Gasteiger partial charge on any atom is 0.262 e. The highest BCUT2D eigenvalue weighted by atomic mass is 35.5. The summed E-state index contributed by atoms with van der Waals surface area (Å²) in [6.07, 6.45) is 6.24. The minimum atomic E-state index is -2.79. The normalized spacial score (nSPS) is 21.9. The number of amides is 1. The van der Waals surface area contributed by atoms with Gasteiger partial charge in [-0.2, -0.15) is 0 Å². The number of hydrogen-bond acceptors (Lipinski definition) is 4. The van der Waals surface area contributed by atoms with Crippen molar-refractivity contribution in [3.63, 3.8) is 0 Å². The molecule has 1 atom stereocenters. The van der Waals surface area contributed by atoms with Gasteiger partial charge < -0.3 is 10.2 Å². The predicted octanol–water partition coefficient (Wildman–Crippen LogP) is 2.92. The minimum Gasteiger partial charge on any atom is -0.357 e. The van der Waals surface area contributed by atoms with Crippen LogP contribution in [-0.2, 0) is 11.3 Å². The van der Waals surface area contributed by atoms with Gasteiger partial charge in [-0.05, 0) is 24.5 Å². The third-order valence-corrected chi connectivity index (χ3v) is 4.63. The Morgan fingerprint density at radius 1 is 1.23 bits per heavy atom. The average molecular weight is 411 g/mol. The van der Waals surface area contributed by atoms with Crippen molar-refractivity contribution < 1.29 is 13.6 Å². The SMILES string of the molecule is Cl.Cl.O=C(NCc1ccc(N2CCCCCC2)nc1)C1CC(F)(F)CN1. The van der Waals surface area contributed by atoms with Gasteiger partial charge in [0, 0.05) is 32.3 Å². The quantitative estimate of drug-likeness (QED) is 0.800. The summed E-state index contributed by atoms with van der Waals surface area (Å²) < 4.78 is 26.2. The van der Waals surface area contributed by atoms with Crippen LogP contribution in [0.15, 0.2) is 18.3 Å². The van der Waals surface area contributed by atoms with Crippen molar-refractivity contribution in [3.8, 4) is 0 Å². The van der Waals surface area contributed by atoms with Crippen molar-refractivity contribution in [2.24, 2.45) is 0 Å². The van der Waals surface area contributed by atoms with E-state index in [1.54, 1.807) is 6.20 Å². The molecule has 1 unspecified atom stereocenters. The number of alkyl halides is 2. The van der Waals surface area contributed by atoms with Crippen LogP contribution >= 0.6 is 24.8 Å². The number of hydrogen-bond donors (Lipinski definition) is 2. The van der Waals surface area contributed by atoms with E-state index in [1.807, 2.05) is 12.1 Å². The second-order valence-electron chi connectivity index (χ2n) is 6.64. The highest BCUT2D eigenvalue weighted by molar-refractivity contribution is 5.85. The molecule has 1 aromatic rings. The second-order valence-corrected chi connectivity index (χ2v) is 6.64. The molecule has 1 aromatic heterocycles. The van der Waals surface area contributed by atoms with Crippen molar-refractivity contribution in [1.82, 2.24) is 15.6 Å². The molecule has 26 heavy (non-hydrogen) atoms. The van der Waals surface area contributed by atoms with Gasteiger partial charge in [0.05, 0.1) is 12.6 Å². The molecular weight excluding hydrogens is 385 g/mol. The van der Waals surface area contributed by atoms with E-state index in [0.29, 0.717) is 6.54 Å². The number of carbonyl (C=O) groups is 1. The predicted molar refractivity (Wildman–Crippen MR) is 103 cm³/mol. The van der Waals surface area contributed by atoms with E-state index >= 15 is 0 Å². The lowest BCUT2D eigenvalue weighted by Gasteiger charge is -2.21. The molecule has 0 saturated carbocycles. The van der Waals surface area contributed by atoms with Gasteiger partial charge >= 0.3 is 0 Å². The lowest BCUT2D eigenvalue weighted by molar-refractivity contribution is -0.123. The summed E-state index contributed by atoms with van der Waals surface area (Å²) in [4.78, 5) is 18.7. The molecule has 0 spiro atoms. The van der Waals surface area contributed by atoms with Gasteiger partial charge in [-0.25, -0.2) is 13.8 Å². The lowest BCUT2D eigenvalue weighted by atomic mass is 10.2. The number of rotatable bonds is 4. The first-order valence-electron chi connectivity index (χ1n) is 8.62. The van der Waals surface area contributed by atoms with Crippen LogP contribution in [0.4, 0.5) is 14.6 Å². The molecule has 3 heterocycles. The molecular formula is C17H26Cl2F2N4O. The van der Waals surface area contributed by atoms with Gasteiger partial charge in [-0.15, -0.1) is 24.8 Å². The molecule has 0 radical (unpaired) electrons. The Morgan fingerprint density at radius 2 is 1.92 bits per heavy atom. The third-order valence-electron chi connectivity index (χ3n) is 4.63. The molecule has 2 saturated heterocycles. The van der Waals surface area contributed by atoms with Crippen LogP contribution in [0.25, 0.3) is 0 Å². The molecule has 2 aliphatic heterocycles. The van der Waals surface area contributed by atoms with Crippen LogP contribution in [0.3, 0.4) is 0 Å². The molecule has 0 aliphatic carbocycles. The second kappa shape index (κ2) is 10.2. The summed E-state index contributed by atoms with van der Waals surface area (Å²) in [5.41, 5.74) is 0.867. The van der Waals surface area contributed by atoms with Crippen LogP contribution < -0.4 is 15.5 Å². The number of nitrogens with one attached hydrogen (secondary N) is 2. The van der Waals surface area contributed by atoms with Gasteiger partial charge in [0.25, 0.3) is 5.92 Å². The van der Waals surface area contributed by atoms with Gasteiger partial charge in [-0.3, -0.25) is 10.1 Å². The molecule has 1 amide bonds. The van der Waals surface area contributed by atoms with E-state index < -0.39 is 24.9 Å². The summed E-state index contributed by atoms with van der Waals surface area (Å²) in [5, 5.41) is 5.26. The fourth-order valence-electron chi connectivity index (χ4n) is 3.22. The average Bonchev–Trinajstić information content (AvgIpc) is 2.78. The van der Waals surface area contributed by atoms with Crippen molar-refractivity contribution in [2.45, 2.75) is 50.6 Å². The number of nitrogens with zero attached hydrogens (tertiary/aromatic N) is 2. The summed E-state index contributed by atoms with van der Waals surface area (Å²) in [5.74, 6) is -2.22. The molecule has 148 valence electrons. The smallest absolute Gasteiger partial charge is 0.262 e. The number of halogens is 4. The zero-order chi connectivity index (χ0) is 17.0. The van der Waals surface area contributed by atoms with Crippen LogP contribution in [0.2, 0.25) is 0 Å². The zero-order valence-electron chi connectivity index (χ0n) is 14.5. The summed E-state index contributed by atoms with van der Waals surface area (Å²) in [7, 11) is 0. The van der Waals surface area contributed by atoms with E-state index in [9.17, 15) is 13.6 Å². The van der Waals surface area contributed by atoms with Crippen molar-refractivity contribution >= 4 is 36.5 Å². The number of aromatic nitrogens is 1. The molecule has 5 nitrogen and oxygen atoms in total. The van der Waals surface area contributed by atoms with Gasteiger partial charge in [0.1, 0.15) is 5.82 Å². The standard InChI is InChI=1S/C17H24F2N4O.2ClH/c18-17(19)9-14(22-12-17)16(24)21-11-13-5-6-15(20-10-13)23-7-3-1-2-4-8-23;;/h5-6,10,14,22H,1-4,7-9,11-12H2,(H,21,24);2*1H. The highest BCUT2D eigenvalue weighted by Gasteiger charge is 2.42. The summed E-state index contributed by atoms with van der Waals surface area (Å²) in [6, 6.07) is 3.09. The summed E-state index contributed by atoms with van der Waals surface area (Å²) in [6.45, 7) is 1.93. The van der Waals surface area contributed by atoms with Crippen LogP contribution in [0, 0.1) is 0 Å². The van der Waals surface area contributed by atoms with Crippen molar-refractivity contribution in [2.75, 3.05) is 24.5 Å². The van der Waals surface area contributed by atoms with E-state index in [0.717, 1.165) is 24.5 Å². The van der Waals surface area contributed by atoms with E-state index in [-0.39, 0.29) is 30.7 Å². The Morgan fingerprint density at radius 3 is 2.46 bits per heavy atom. The Hall–Kier alpha value is -1.18. The molecule has 2 fully saturated rings. The van der Waals surface area contributed by atoms with E-state index in [2.05, 4.69) is 20.5 Å². The highest BCUT2D eigenvalue weighted by Crippen LogP contribution is 2.25. The summed E-state index contributed by atoms with van der Waals surface area (Å²) >= 11 is 0. The topological polar surface area (TPSA) is 57.3 Å². The van der Waals surface area contributed by atoms with Crippen molar-refractivity contribution in [3.05, 3.63) is 23.9 Å². The Balaban J connectivity index is 0.00000169. The van der Waals surface area contributed by atoms with E-state index in [4.69, 9.17) is 0 Å². The maximum atomic E-state index is 13.1. The number of carbonyl (C=O) groups excluding carboxylic acids is 1. The first-order chi connectivity index (χ1) is 11.5. The molecule has 2 aliphatic rings. The fourth-order valence-corrected chi connectivity index (χ4v) is 3.22. The van der Waals surface area contributed by atoms with Gasteiger partial charge in [-0.1, -0.05) is 18.9 Å². The number of pyridine rings is 1. The van der Waals surface area contributed by atoms with Crippen LogP contribution in [0.1, 0.15) is 37.7 Å². The van der Waals surface area contributed by atoms with Gasteiger partial charge in [0.2, 0.25) is 5.91 Å². The minimum absolute atomic E-state index is 0. The third kappa shape index (κ3) is 6.21. The van der Waals surface area contributed by atoms with Crippen molar-refractivity contribution in [1.29, 1.82) is 0 Å². The monoisotopic (exact) mass is 410 g/mol. The molecule has 0 aromatic carbocycles. The first kappa shape index (κ1) is 22.9. The van der Waals surface area contributed by atoms with Crippen LogP contribution in [0.5, 0.6) is 0 Å². The maximum absolute atomic E-state index is 13.1. The zero-order valence-corrected chi connectivity index (χ0v) is 16.2. The van der Waals surface area contributed by atoms with Gasteiger partial charge in [0.15, 0.2) is 0 Å². The molecule has 9 heteroatoms. The Kier molecular flexibility index (Phi) is 9.00. The van der Waals surface area contributed by atoms with Crippen LogP contribution in [-0.4, -0.2) is 42.5 Å². The Bertz CT molecular complexity index is 566. The Labute approximate surface area is 165 Å². The number of anilines is 1. The lowest BCUT2D eigenvalue weighted by Crippen LogP contribution is -2.40. The molecule has 2 N–H and O–H groups in total. The fraction of sp³-hybridized carbons (Fsp3) is 0.647. The molecule has 0 bridgehead atoms.